The van der Waals surface area contributed by atoms with E-state index < -0.39 is 0 Å². The van der Waals surface area contributed by atoms with E-state index in [-0.39, 0.29) is 5.79 Å². The average Bonchev–Trinajstić information content (AvgIpc) is 2.33. The Bertz CT molecular complexity index is 139. The van der Waals surface area contributed by atoms with Gasteiger partial charge in [0.1, 0.15) is 0 Å². The van der Waals surface area contributed by atoms with E-state index in [1.165, 1.54) is 51.4 Å². The Labute approximate surface area is 94.3 Å². The molecule has 0 atom stereocenters. The molecule has 2 nitrogen and oxygen atoms in total. The third-order valence-corrected chi connectivity index (χ3v) is 3.61. The SMILES string of the molecule is COC1(OC)CCCCCCCCCC1. The van der Waals surface area contributed by atoms with Gasteiger partial charge in [-0.05, 0) is 12.8 Å². The molecular formula is C13H26O2. The molecule has 0 radical (unpaired) electrons. The van der Waals surface area contributed by atoms with E-state index in [9.17, 15) is 0 Å². The number of hydrogen-bond acceptors (Lipinski definition) is 2. The Morgan fingerprint density at radius 3 is 1.27 bits per heavy atom. The first-order valence-electron chi connectivity index (χ1n) is 6.43. The highest BCUT2D eigenvalue weighted by molar-refractivity contribution is 4.70. The summed E-state index contributed by atoms with van der Waals surface area (Å²) in [5.41, 5.74) is 0. The normalized spacial score (nSPS) is 24.4. The molecule has 0 amide bonds. The highest BCUT2D eigenvalue weighted by Gasteiger charge is 2.28. The summed E-state index contributed by atoms with van der Waals surface area (Å²) in [7, 11) is 3.56. The lowest BCUT2D eigenvalue weighted by Crippen LogP contribution is -2.33. The smallest absolute Gasteiger partial charge is 0.167 e. The number of methoxy groups -OCH3 is 2. The highest BCUT2D eigenvalue weighted by atomic mass is 16.7. The van der Waals surface area contributed by atoms with E-state index in [1.807, 2.05) is 0 Å². The van der Waals surface area contributed by atoms with Crippen LogP contribution in [0.4, 0.5) is 0 Å². The van der Waals surface area contributed by atoms with Gasteiger partial charge in [-0.25, -0.2) is 0 Å². The first-order chi connectivity index (χ1) is 7.33. The predicted octanol–water partition coefficient (Wildman–Crippen LogP) is 3.89. The van der Waals surface area contributed by atoms with Crippen molar-refractivity contribution in [2.24, 2.45) is 0 Å². The third-order valence-electron chi connectivity index (χ3n) is 3.61. The van der Waals surface area contributed by atoms with Gasteiger partial charge in [-0.1, -0.05) is 38.5 Å². The van der Waals surface area contributed by atoms with Crippen LogP contribution in [0.3, 0.4) is 0 Å². The summed E-state index contributed by atoms with van der Waals surface area (Å²) < 4.78 is 11.2. The van der Waals surface area contributed by atoms with Crippen LogP contribution in [0.1, 0.15) is 64.2 Å². The lowest BCUT2D eigenvalue weighted by atomic mass is 10.0. The van der Waals surface area contributed by atoms with Gasteiger partial charge >= 0.3 is 0 Å². The molecule has 0 aromatic rings. The van der Waals surface area contributed by atoms with Gasteiger partial charge in [0.15, 0.2) is 5.79 Å². The van der Waals surface area contributed by atoms with Crippen LogP contribution in [0.25, 0.3) is 0 Å². The second-order valence-corrected chi connectivity index (χ2v) is 4.65. The van der Waals surface area contributed by atoms with Crippen molar-refractivity contribution in [3.05, 3.63) is 0 Å². The van der Waals surface area contributed by atoms with E-state index in [4.69, 9.17) is 9.47 Å². The van der Waals surface area contributed by atoms with Crippen LogP contribution in [0.2, 0.25) is 0 Å². The maximum Gasteiger partial charge on any atom is 0.167 e. The van der Waals surface area contributed by atoms with Crippen LogP contribution < -0.4 is 0 Å². The Morgan fingerprint density at radius 1 is 0.600 bits per heavy atom. The van der Waals surface area contributed by atoms with Crippen LogP contribution in [0, 0.1) is 0 Å². The number of rotatable bonds is 2. The third kappa shape index (κ3) is 4.52. The summed E-state index contributed by atoms with van der Waals surface area (Å²) in [6.45, 7) is 0. The maximum absolute atomic E-state index is 5.58. The van der Waals surface area contributed by atoms with Crippen LogP contribution >= 0.6 is 0 Å². The van der Waals surface area contributed by atoms with Crippen molar-refractivity contribution in [2.75, 3.05) is 14.2 Å². The molecule has 2 heteroatoms. The topological polar surface area (TPSA) is 18.5 Å². The average molecular weight is 214 g/mol. The van der Waals surface area contributed by atoms with E-state index >= 15 is 0 Å². The van der Waals surface area contributed by atoms with Gasteiger partial charge in [0, 0.05) is 27.1 Å². The van der Waals surface area contributed by atoms with Crippen LogP contribution in [-0.4, -0.2) is 20.0 Å². The summed E-state index contributed by atoms with van der Waals surface area (Å²) in [6, 6.07) is 0. The van der Waals surface area contributed by atoms with Crippen molar-refractivity contribution < 1.29 is 9.47 Å². The molecule has 0 aromatic heterocycles. The molecule has 1 aliphatic rings. The summed E-state index contributed by atoms with van der Waals surface area (Å²) in [6.07, 6.45) is 12.8. The summed E-state index contributed by atoms with van der Waals surface area (Å²) >= 11 is 0. The predicted molar refractivity (Wildman–Crippen MR) is 62.9 cm³/mol. The minimum absolute atomic E-state index is 0.287. The van der Waals surface area contributed by atoms with E-state index in [1.54, 1.807) is 14.2 Å². The van der Waals surface area contributed by atoms with Crippen molar-refractivity contribution in [3.63, 3.8) is 0 Å². The molecule has 1 saturated carbocycles. The summed E-state index contributed by atoms with van der Waals surface area (Å²) in [4.78, 5) is 0. The molecule has 0 bridgehead atoms. The highest BCUT2D eigenvalue weighted by Crippen LogP contribution is 2.28. The molecule has 0 heterocycles. The summed E-state index contributed by atoms with van der Waals surface area (Å²) in [5.74, 6) is -0.287. The van der Waals surface area contributed by atoms with Crippen molar-refractivity contribution in [1.82, 2.24) is 0 Å². The largest absolute Gasteiger partial charge is 0.353 e. The van der Waals surface area contributed by atoms with Gasteiger partial charge in [0.05, 0.1) is 0 Å². The second kappa shape index (κ2) is 7.24. The van der Waals surface area contributed by atoms with Crippen molar-refractivity contribution in [3.8, 4) is 0 Å². The Hall–Kier alpha value is -0.0800. The van der Waals surface area contributed by atoms with E-state index in [2.05, 4.69) is 0 Å². The molecule has 90 valence electrons. The van der Waals surface area contributed by atoms with Gasteiger partial charge in [-0.15, -0.1) is 0 Å². The molecule has 0 N–H and O–H groups in total. The van der Waals surface area contributed by atoms with Crippen LogP contribution in [0.5, 0.6) is 0 Å². The van der Waals surface area contributed by atoms with Crippen molar-refractivity contribution in [1.29, 1.82) is 0 Å². The zero-order valence-corrected chi connectivity index (χ0v) is 10.4. The molecular weight excluding hydrogens is 188 g/mol. The summed E-state index contributed by atoms with van der Waals surface area (Å²) in [5, 5.41) is 0. The molecule has 0 saturated heterocycles. The standard InChI is InChI=1S/C13H26O2/c1-14-13(15-2)11-9-7-5-3-4-6-8-10-12-13/h3-12H2,1-2H3. The fraction of sp³-hybridized carbons (Fsp3) is 1.00. The van der Waals surface area contributed by atoms with Gasteiger partial charge in [0.2, 0.25) is 0 Å². The van der Waals surface area contributed by atoms with E-state index in [0.29, 0.717) is 0 Å². The van der Waals surface area contributed by atoms with Crippen molar-refractivity contribution in [2.45, 2.75) is 70.0 Å². The van der Waals surface area contributed by atoms with Crippen molar-refractivity contribution >= 4 is 0 Å². The maximum atomic E-state index is 5.58. The molecule has 0 unspecified atom stereocenters. The lowest BCUT2D eigenvalue weighted by Gasteiger charge is -2.31. The quantitative estimate of drug-likeness (QED) is 0.649. The minimum Gasteiger partial charge on any atom is -0.353 e. The van der Waals surface area contributed by atoms with Gasteiger partial charge in [0.25, 0.3) is 0 Å². The number of hydrogen-bond donors (Lipinski definition) is 0. The molecule has 15 heavy (non-hydrogen) atoms. The molecule has 0 aliphatic heterocycles. The Morgan fingerprint density at radius 2 is 0.933 bits per heavy atom. The first kappa shape index (κ1) is 13.0. The molecule has 0 spiro atoms. The second-order valence-electron chi connectivity index (χ2n) is 4.65. The lowest BCUT2D eigenvalue weighted by molar-refractivity contribution is -0.216. The Balaban J connectivity index is 2.44. The fourth-order valence-electron chi connectivity index (χ4n) is 2.47. The minimum atomic E-state index is -0.287. The van der Waals surface area contributed by atoms with Crippen LogP contribution in [-0.2, 0) is 9.47 Å². The first-order valence-corrected chi connectivity index (χ1v) is 6.43. The number of ether oxygens (including phenoxy) is 2. The zero-order valence-electron chi connectivity index (χ0n) is 10.4. The Kier molecular flexibility index (Phi) is 6.26. The molecule has 1 rings (SSSR count). The molecule has 0 aromatic carbocycles. The van der Waals surface area contributed by atoms with Gasteiger partial charge < -0.3 is 9.47 Å². The van der Waals surface area contributed by atoms with Gasteiger partial charge in [-0.3, -0.25) is 0 Å². The zero-order chi connectivity index (χ0) is 11.0. The fourth-order valence-corrected chi connectivity index (χ4v) is 2.47. The van der Waals surface area contributed by atoms with Crippen LogP contribution in [0.15, 0.2) is 0 Å². The van der Waals surface area contributed by atoms with Gasteiger partial charge in [-0.2, -0.15) is 0 Å². The monoisotopic (exact) mass is 214 g/mol. The molecule has 1 fully saturated rings. The molecule has 1 aliphatic carbocycles. The van der Waals surface area contributed by atoms with E-state index in [0.717, 1.165) is 12.8 Å².